The Balaban J connectivity index is 2.41. The fourth-order valence-corrected chi connectivity index (χ4v) is 0.713. The Morgan fingerprint density at radius 3 is 2.88 bits per heavy atom. The quantitative estimate of drug-likeness (QED) is 0.534. The Labute approximate surface area is 47.6 Å². The Morgan fingerprint density at radius 2 is 2.38 bits per heavy atom. The van der Waals surface area contributed by atoms with Gasteiger partial charge in [0.15, 0.2) is 0 Å². The Hall–Kier alpha value is -0.980. The van der Waals surface area contributed by atoms with Crippen molar-refractivity contribution < 1.29 is 4.42 Å². The lowest BCUT2D eigenvalue weighted by atomic mass is 10.4. The second-order valence-electron chi connectivity index (χ2n) is 1.91. The predicted octanol–water partition coefficient (Wildman–Crippen LogP) is 2.07. The minimum atomic E-state index is 1.03. The molecule has 0 aliphatic heterocycles. The van der Waals surface area contributed by atoms with Gasteiger partial charge in [0.2, 0.25) is 0 Å². The van der Waals surface area contributed by atoms with E-state index in [1.165, 1.54) is 5.57 Å². The monoisotopic (exact) mass is 106 g/mol. The standard InChI is InChI=1S/C7H6O/c1-2-7(8-5-1)6-3-4-6/h1-3,5H,4H2. The van der Waals surface area contributed by atoms with Crippen LogP contribution in [-0.4, -0.2) is 0 Å². The molecule has 0 bridgehead atoms. The van der Waals surface area contributed by atoms with E-state index in [-0.39, 0.29) is 0 Å². The molecule has 1 aliphatic rings. The zero-order chi connectivity index (χ0) is 5.40. The summed E-state index contributed by atoms with van der Waals surface area (Å²) in [7, 11) is 0. The lowest BCUT2D eigenvalue weighted by molar-refractivity contribution is 0.554. The van der Waals surface area contributed by atoms with Gasteiger partial charge in [-0.1, -0.05) is 6.08 Å². The molecule has 0 amide bonds. The van der Waals surface area contributed by atoms with E-state index in [1.807, 2.05) is 12.1 Å². The minimum Gasteiger partial charge on any atom is -0.465 e. The Morgan fingerprint density at radius 1 is 1.50 bits per heavy atom. The second kappa shape index (κ2) is 1.25. The van der Waals surface area contributed by atoms with Crippen LogP contribution in [0.1, 0.15) is 12.2 Å². The van der Waals surface area contributed by atoms with Crippen LogP contribution in [-0.2, 0) is 0 Å². The zero-order valence-electron chi connectivity index (χ0n) is 4.42. The van der Waals surface area contributed by atoms with Gasteiger partial charge < -0.3 is 4.42 Å². The van der Waals surface area contributed by atoms with E-state index in [0.29, 0.717) is 0 Å². The summed E-state index contributed by atoms with van der Waals surface area (Å²) in [4.78, 5) is 0. The van der Waals surface area contributed by atoms with Crippen LogP contribution in [0.4, 0.5) is 0 Å². The van der Waals surface area contributed by atoms with Crippen molar-refractivity contribution in [2.24, 2.45) is 0 Å². The summed E-state index contributed by atoms with van der Waals surface area (Å²) in [6.07, 6.45) is 4.97. The molecule has 1 aromatic heterocycles. The summed E-state index contributed by atoms with van der Waals surface area (Å²) < 4.78 is 5.09. The maximum Gasteiger partial charge on any atom is 0.129 e. The molecule has 1 aliphatic carbocycles. The molecule has 2 rings (SSSR count). The fraction of sp³-hybridized carbons (Fsp3) is 0.143. The first-order valence-electron chi connectivity index (χ1n) is 2.70. The van der Waals surface area contributed by atoms with Crippen molar-refractivity contribution in [2.45, 2.75) is 6.42 Å². The first kappa shape index (κ1) is 3.96. The van der Waals surface area contributed by atoms with Gasteiger partial charge in [0.05, 0.1) is 6.26 Å². The molecule has 0 aromatic carbocycles. The van der Waals surface area contributed by atoms with Crippen molar-refractivity contribution >= 4 is 5.57 Å². The summed E-state index contributed by atoms with van der Waals surface area (Å²) in [5.74, 6) is 1.03. The molecule has 8 heavy (non-hydrogen) atoms. The van der Waals surface area contributed by atoms with Crippen molar-refractivity contribution in [2.75, 3.05) is 0 Å². The second-order valence-corrected chi connectivity index (χ2v) is 1.91. The Kier molecular flexibility index (Phi) is 0.618. The van der Waals surface area contributed by atoms with Gasteiger partial charge in [0.25, 0.3) is 0 Å². The molecule has 1 heteroatoms. The molecular weight excluding hydrogens is 100 g/mol. The lowest BCUT2D eigenvalue weighted by Crippen LogP contribution is -1.57. The third kappa shape index (κ3) is 0.479. The fourth-order valence-electron chi connectivity index (χ4n) is 0.713. The van der Waals surface area contributed by atoms with Crippen LogP contribution < -0.4 is 0 Å². The zero-order valence-corrected chi connectivity index (χ0v) is 4.42. The number of furan rings is 1. The van der Waals surface area contributed by atoms with Crippen LogP contribution in [0.3, 0.4) is 0 Å². The van der Waals surface area contributed by atoms with Gasteiger partial charge in [-0.2, -0.15) is 0 Å². The summed E-state index contributed by atoms with van der Waals surface area (Å²) in [5.41, 5.74) is 1.34. The average Bonchev–Trinajstić information content (AvgIpc) is 2.49. The lowest BCUT2D eigenvalue weighted by Gasteiger charge is -1.78. The molecule has 0 unspecified atom stereocenters. The van der Waals surface area contributed by atoms with E-state index in [4.69, 9.17) is 4.42 Å². The highest BCUT2D eigenvalue weighted by Crippen LogP contribution is 2.30. The van der Waals surface area contributed by atoms with Gasteiger partial charge in [0.1, 0.15) is 5.76 Å². The maximum absolute atomic E-state index is 5.09. The van der Waals surface area contributed by atoms with Gasteiger partial charge >= 0.3 is 0 Å². The van der Waals surface area contributed by atoms with Crippen molar-refractivity contribution in [1.29, 1.82) is 0 Å². The van der Waals surface area contributed by atoms with Gasteiger partial charge in [-0.25, -0.2) is 0 Å². The van der Waals surface area contributed by atoms with Gasteiger partial charge in [-0.3, -0.25) is 0 Å². The average molecular weight is 106 g/mol. The van der Waals surface area contributed by atoms with E-state index < -0.39 is 0 Å². The summed E-state index contributed by atoms with van der Waals surface area (Å²) in [6.45, 7) is 0. The van der Waals surface area contributed by atoms with Crippen molar-refractivity contribution in [1.82, 2.24) is 0 Å². The van der Waals surface area contributed by atoms with Gasteiger partial charge in [-0.05, 0) is 24.1 Å². The smallest absolute Gasteiger partial charge is 0.129 e. The molecule has 1 aromatic rings. The van der Waals surface area contributed by atoms with Crippen molar-refractivity contribution in [3.63, 3.8) is 0 Å². The first-order valence-corrected chi connectivity index (χ1v) is 2.70. The molecule has 0 fully saturated rings. The highest BCUT2D eigenvalue weighted by Gasteiger charge is 2.11. The molecule has 40 valence electrons. The van der Waals surface area contributed by atoms with Crippen LogP contribution in [0, 0.1) is 0 Å². The summed E-state index contributed by atoms with van der Waals surface area (Å²) in [6, 6.07) is 3.90. The SMILES string of the molecule is C1=C(c2ccco2)C1. The molecule has 0 spiro atoms. The van der Waals surface area contributed by atoms with Crippen LogP contribution in [0.15, 0.2) is 28.9 Å². The number of rotatable bonds is 1. The maximum atomic E-state index is 5.09. The molecule has 1 nitrogen and oxygen atoms in total. The molecule has 0 atom stereocenters. The van der Waals surface area contributed by atoms with Crippen LogP contribution in [0.2, 0.25) is 0 Å². The third-order valence-corrected chi connectivity index (χ3v) is 1.25. The van der Waals surface area contributed by atoms with E-state index in [2.05, 4.69) is 6.08 Å². The van der Waals surface area contributed by atoms with Crippen LogP contribution >= 0.6 is 0 Å². The normalized spacial score (nSPS) is 15.8. The molecule has 1 heterocycles. The summed E-state index contributed by atoms with van der Waals surface area (Å²) >= 11 is 0. The van der Waals surface area contributed by atoms with Gasteiger partial charge in [0, 0.05) is 0 Å². The Bertz CT molecular complexity index is 206. The first-order chi connectivity index (χ1) is 3.97. The number of hydrogen-bond acceptors (Lipinski definition) is 1. The highest BCUT2D eigenvalue weighted by molar-refractivity contribution is 5.74. The van der Waals surface area contributed by atoms with Crippen LogP contribution in [0.25, 0.3) is 5.57 Å². The van der Waals surface area contributed by atoms with Crippen molar-refractivity contribution in [3.05, 3.63) is 30.2 Å². The van der Waals surface area contributed by atoms with E-state index in [9.17, 15) is 0 Å². The minimum absolute atomic E-state index is 1.03. The predicted molar refractivity (Wildman–Crippen MR) is 31.3 cm³/mol. The topological polar surface area (TPSA) is 13.1 Å². The molecule has 0 saturated heterocycles. The largest absolute Gasteiger partial charge is 0.465 e. The molecule has 0 N–H and O–H groups in total. The van der Waals surface area contributed by atoms with Gasteiger partial charge in [-0.15, -0.1) is 0 Å². The van der Waals surface area contributed by atoms with Crippen molar-refractivity contribution in [3.8, 4) is 0 Å². The van der Waals surface area contributed by atoms with Crippen LogP contribution in [0.5, 0.6) is 0 Å². The third-order valence-electron chi connectivity index (χ3n) is 1.25. The highest BCUT2D eigenvalue weighted by atomic mass is 16.3. The van der Waals surface area contributed by atoms with E-state index in [0.717, 1.165) is 12.2 Å². The molecule has 0 radical (unpaired) electrons. The molecular formula is C7H6O. The number of allylic oxidation sites excluding steroid dienone is 2. The van der Waals surface area contributed by atoms with E-state index >= 15 is 0 Å². The van der Waals surface area contributed by atoms with E-state index in [1.54, 1.807) is 6.26 Å². The summed E-state index contributed by atoms with van der Waals surface area (Å²) in [5, 5.41) is 0. The molecule has 0 saturated carbocycles. The number of hydrogen-bond donors (Lipinski definition) is 0.